The molecule has 5 heteroatoms. The van der Waals surface area contributed by atoms with Gasteiger partial charge in [-0.2, -0.15) is 0 Å². The van der Waals surface area contributed by atoms with Gasteiger partial charge in [-0.3, -0.25) is 4.79 Å². The summed E-state index contributed by atoms with van der Waals surface area (Å²) in [6.45, 7) is 4.52. The van der Waals surface area contributed by atoms with E-state index in [1.165, 1.54) is 0 Å². The second kappa shape index (κ2) is 4.84. The van der Waals surface area contributed by atoms with Gasteiger partial charge in [-0.25, -0.2) is 0 Å². The van der Waals surface area contributed by atoms with E-state index in [1.807, 2.05) is 26.0 Å². The zero-order chi connectivity index (χ0) is 12.3. The lowest BCUT2D eigenvalue weighted by atomic mass is 10.1. The monoisotopic (exact) mass is 285 g/mol. The molecule has 0 aromatic heterocycles. The Morgan fingerprint density at radius 2 is 2.12 bits per heavy atom. The van der Waals surface area contributed by atoms with E-state index in [2.05, 4.69) is 21.2 Å². The van der Waals surface area contributed by atoms with Crippen LogP contribution >= 0.6 is 15.9 Å². The predicted octanol–water partition coefficient (Wildman–Crippen LogP) is 1.70. The quantitative estimate of drug-likeness (QED) is 0.788. The van der Waals surface area contributed by atoms with Gasteiger partial charge in [0.15, 0.2) is 0 Å². The molecule has 0 bridgehead atoms. The van der Waals surface area contributed by atoms with Crippen LogP contribution in [0.5, 0.6) is 0 Å². The third-order valence-electron chi connectivity index (χ3n) is 2.23. The number of nitrogens with two attached hydrogens (primary N) is 2. The lowest BCUT2D eigenvalue weighted by Crippen LogP contribution is -2.39. The van der Waals surface area contributed by atoms with Crippen molar-refractivity contribution < 1.29 is 4.79 Å². The number of primary amides is 1. The molecular formula is C11H16BrN3O. The van der Waals surface area contributed by atoms with Gasteiger partial charge in [-0.1, -0.05) is 0 Å². The number of nitrogens with one attached hydrogen (secondary N) is 1. The fourth-order valence-corrected chi connectivity index (χ4v) is 1.81. The highest BCUT2D eigenvalue weighted by Gasteiger charge is 2.15. The summed E-state index contributed by atoms with van der Waals surface area (Å²) in [6.07, 6.45) is 0. The highest BCUT2D eigenvalue weighted by Crippen LogP contribution is 2.23. The third kappa shape index (κ3) is 3.21. The summed E-state index contributed by atoms with van der Waals surface area (Å²) < 4.78 is 0.679. The van der Waals surface area contributed by atoms with E-state index < -0.39 is 5.91 Å². The van der Waals surface area contributed by atoms with Gasteiger partial charge in [0.05, 0.1) is 5.56 Å². The molecule has 0 fully saturated rings. The van der Waals surface area contributed by atoms with Crippen LogP contribution in [0.15, 0.2) is 22.7 Å². The Balaban J connectivity index is 2.94. The molecule has 1 rings (SSSR count). The molecule has 1 amide bonds. The Morgan fingerprint density at radius 3 is 2.56 bits per heavy atom. The van der Waals surface area contributed by atoms with E-state index in [9.17, 15) is 4.79 Å². The first-order valence-corrected chi connectivity index (χ1v) is 5.72. The van der Waals surface area contributed by atoms with Crippen LogP contribution in [0.4, 0.5) is 5.69 Å². The van der Waals surface area contributed by atoms with E-state index in [1.54, 1.807) is 6.07 Å². The molecule has 0 aliphatic carbocycles. The van der Waals surface area contributed by atoms with Crippen molar-refractivity contribution >= 4 is 27.5 Å². The summed E-state index contributed by atoms with van der Waals surface area (Å²) in [4.78, 5) is 11.0. The van der Waals surface area contributed by atoms with Crippen LogP contribution in [0, 0.1) is 0 Å². The van der Waals surface area contributed by atoms with Gasteiger partial charge < -0.3 is 16.8 Å². The first kappa shape index (κ1) is 13.0. The molecule has 1 aromatic rings. The summed E-state index contributed by atoms with van der Waals surface area (Å²) in [6, 6.07) is 5.31. The molecule has 0 spiro atoms. The van der Waals surface area contributed by atoms with Crippen LogP contribution in [-0.4, -0.2) is 18.0 Å². The number of benzene rings is 1. The maximum atomic E-state index is 11.0. The average Bonchev–Trinajstić information content (AvgIpc) is 2.16. The van der Waals surface area contributed by atoms with E-state index in [4.69, 9.17) is 11.5 Å². The second-order valence-corrected chi connectivity index (χ2v) is 5.13. The summed E-state index contributed by atoms with van der Waals surface area (Å²) in [5, 5.41) is 3.27. The SMILES string of the molecule is CC(C)(CN)Nc1ccc(C(N)=O)c(Br)c1. The van der Waals surface area contributed by atoms with Crippen molar-refractivity contribution in [1.82, 2.24) is 0 Å². The molecule has 1 aromatic carbocycles. The topological polar surface area (TPSA) is 81.1 Å². The predicted molar refractivity (Wildman–Crippen MR) is 69.4 cm³/mol. The lowest BCUT2D eigenvalue weighted by Gasteiger charge is -2.25. The molecule has 0 saturated carbocycles. The van der Waals surface area contributed by atoms with Crippen LogP contribution < -0.4 is 16.8 Å². The van der Waals surface area contributed by atoms with Crippen molar-refractivity contribution in [3.8, 4) is 0 Å². The largest absolute Gasteiger partial charge is 0.379 e. The standard InChI is InChI=1S/C11H16BrN3O/c1-11(2,6-13)15-7-3-4-8(10(14)16)9(12)5-7/h3-5,15H,6,13H2,1-2H3,(H2,14,16). The van der Waals surface area contributed by atoms with E-state index >= 15 is 0 Å². The number of halogens is 1. The van der Waals surface area contributed by atoms with Gasteiger partial charge in [-0.15, -0.1) is 0 Å². The molecule has 0 aliphatic rings. The van der Waals surface area contributed by atoms with Crippen LogP contribution in [0.25, 0.3) is 0 Å². The number of carbonyl (C=O) groups is 1. The number of amides is 1. The second-order valence-electron chi connectivity index (χ2n) is 4.27. The highest BCUT2D eigenvalue weighted by molar-refractivity contribution is 9.10. The van der Waals surface area contributed by atoms with E-state index in [0.29, 0.717) is 16.6 Å². The molecule has 0 atom stereocenters. The van der Waals surface area contributed by atoms with E-state index in [-0.39, 0.29) is 5.54 Å². The maximum absolute atomic E-state index is 11.0. The molecular weight excluding hydrogens is 270 g/mol. The molecule has 5 N–H and O–H groups in total. The summed E-state index contributed by atoms with van der Waals surface area (Å²) in [7, 11) is 0. The first-order chi connectivity index (χ1) is 7.35. The minimum atomic E-state index is -0.448. The molecule has 0 saturated heterocycles. The average molecular weight is 286 g/mol. The summed E-state index contributed by atoms with van der Waals surface area (Å²) >= 11 is 3.31. The molecule has 16 heavy (non-hydrogen) atoms. The fourth-order valence-electron chi connectivity index (χ4n) is 1.23. The van der Waals surface area contributed by atoms with Gasteiger partial charge in [-0.05, 0) is 48.0 Å². The number of rotatable bonds is 4. The van der Waals surface area contributed by atoms with Crippen molar-refractivity contribution in [3.05, 3.63) is 28.2 Å². The number of hydrogen-bond donors (Lipinski definition) is 3. The van der Waals surface area contributed by atoms with Gasteiger partial charge >= 0.3 is 0 Å². The molecule has 0 heterocycles. The number of anilines is 1. The van der Waals surface area contributed by atoms with Gasteiger partial charge in [0, 0.05) is 22.2 Å². The van der Waals surface area contributed by atoms with Gasteiger partial charge in [0.1, 0.15) is 0 Å². The van der Waals surface area contributed by atoms with Crippen molar-refractivity contribution in [2.45, 2.75) is 19.4 Å². The lowest BCUT2D eigenvalue weighted by molar-refractivity contribution is 0.0999. The normalized spacial score (nSPS) is 11.2. The molecule has 0 radical (unpaired) electrons. The highest BCUT2D eigenvalue weighted by atomic mass is 79.9. The molecule has 4 nitrogen and oxygen atoms in total. The fraction of sp³-hybridized carbons (Fsp3) is 0.364. The van der Waals surface area contributed by atoms with Crippen LogP contribution in [0.1, 0.15) is 24.2 Å². The van der Waals surface area contributed by atoms with Gasteiger partial charge in [0.25, 0.3) is 0 Å². The Hall–Kier alpha value is -1.07. The van der Waals surface area contributed by atoms with Crippen molar-refractivity contribution in [1.29, 1.82) is 0 Å². The Bertz CT molecular complexity index is 404. The summed E-state index contributed by atoms with van der Waals surface area (Å²) in [5.41, 5.74) is 12.0. The minimum Gasteiger partial charge on any atom is -0.379 e. The molecule has 0 aliphatic heterocycles. The van der Waals surface area contributed by atoms with Crippen LogP contribution in [0.3, 0.4) is 0 Å². The van der Waals surface area contributed by atoms with Crippen molar-refractivity contribution in [2.75, 3.05) is 11.9 Å². The number of carbonyl (C=O) groups excluding carboxylic acids is 1. The Labute approximate surface area is 104 Å². The Morgan fingerprint density at radius 1 is 1.50 bits per heavy atom. The van der Waals surface area contributed by atoms with Crippen LogP contribution in [-0.2, 0) is 0 Å². The van der Waals surface area contributed by atoms with Crippen molar-refractivity contribution in [2.24, 2.45) is 11.5 Å². The zero-order valence-corrected chi connectivity index (χ0v) is 11.0. The third-order valence-corrected chi connectivity index (χ3v) is 2.88. The zero-order valence-electron chi connectivity index (χ0n) is 9.38. The molecule has 0 unspecified atom stereocenters. The van der Waals surface area contributed by atoms with Crippen LogP contribution in [0.2, 0.25) is 0 Å². The van der Waals surface area contributed by atoms with Crippen molar-refractivity contribution in [3.63, 3.8) is 0 Å². The van der Waals surface area contributed by atoms with E-state index in [0.717, 1.165) is 5.69 Å². The first-order valence-electron chi connectivity index (χ1n) is 4.93. The summed E-state index contributed by atoms with van der Waals surface area (Å²) in [5.74, 6) is -0.448. The maximum Gasteiger partial charge on any atom is 0.249 e. The molecule has 88 valence electrons. The van der Waals surface area contributed by atoms with Gasteiger partial charge in [0.2, 0.25) is 5.91 Å². The Kier molecular flexibility index (Phi) is 3.93. The number of hydrogen-bond acceptors (Lipinski definition) is 3. The minimum absolute atomic E-state index is 0.187. The smallest absolute Gasteiger partial charge is 0.249 e.